The Balaban J connectivity index is 2.04. The minimum absolute atomic E-state index is 0.0692. The summed E-state index contributed by atoms with van der Waals surface area (Å²) in [6.45, 7) is 1.62. The Kier molecular flexibility index (Phi) is 5.38. The normalized spacial score (nSPS) is 24.9. The van der Waals surface area contributed by atoms with Gasteiger partial charge in [0, 0.05) is 18.4 Å². The molecule has 0 amide bonds. The molecule has 0 bridgehead atoms. The van der Waals surface area contributed by atoms with Crippen LogP contribution in [-0.4, -0.2) is 40.6 Å². The molecule has 120 valence electrons. The lowest BCUT2D eigenvalue weighted by molar-refractivity contribution is -0.121. The first kappa shape index (κ1) is 16.7. The summed E-state index contributed by atoms with van der Waals surface area (Å²) in [5.41, 5.74) is 9.49. The van der Waals surface area contributed by atoms with E-state index in [0.29, 0.717) is 6.42 Å². The molecule has 1 heterocycles. The van der Waals surface area contributed by atoms with Gasteiger partial charge in [0.25, 0.3) is 10.1 Å². The molecule has 1 fully saturated rings. The molecule has 0 aliphatic carbocycles. The number of ether oxygens (including phenoxy) is 2. The van der Waals surface area contributed by atoms with Crippen molar-refractivity contribution in [3.8, 4) is 0 Å². The largest absolute Gasteiger partial charge is 0.356 e. The van der Waals surface area contributed by atoms with Gasteiger partial charge in [-0.15, -0.1) is 0 Å². The quantitative estimate of drug-likeness (QED) is 0.344. The molecule has 3 atom stereocenters. The number of hydrogen-bond acceptors (Lipinski definition) is 6. The minimum atomic E-state index is -3.88. The molecule has 1 saturated heterocycles. The van der Waals surface area contributed by atoms with E-state index in [0.717, 1.165) is 5.56 Å². The fourth-order valence-electron chi connectivity index (χ4n) is 2.11. The van der Waals surface area contributed by atoms with E-state index in [2.05, 4.69) is 10.0 Å². The Morgan fingerprint density at radius 1 is 1.41 bits per heavy atom. The van der Waals surface area contributed by atoms with Gasteiger partial charge < -0.3 is 9.47 Å². The van der Waals surface area contributed by atoms with E-state index in [-0.39, 0.29) is 11.5 Å². The number of benzene rings is 1. The molecule has 2 rings (SSSR count). The molecule has 8 nitrogen and oxygen atoms in total. The van der Waals surface area contributed by atoms with E-state index in [1.54, 1.807) is 12.1 Å². The molecule has 22 heavy (non-hydrogen) atoms. The van der Waals surface area contributed by atoms with Crippen LogP contribution in [0, 0.1) is 6.92 Å². The van der Waals surface area contributed by atoms with Crippen LogP contribution in [0.1, 0.15) is 12.0 Å². The van der Waals surface area contributed by atoms with Gasteiger partial charge in [0.15, 0.2) is 6.29 Å². The van der Waals surface area contributed by atoms with Crippen molar-refractivity contribution in [1.82, 2.24) is 0 Å². The van der Waals surface area contributed by atoms with E-state index in [1.807, 2.05) is 6.92 Å². The lowest BCUT2D eigenvalue weighted by Crippen LogP contribution is -2.27. The average Bonchev–Trinajstić information content (AvgIpc) is 2.88. The third kappa shape index (κ3) is 3.96. The standard InChI is InChI=1S/C13H17N3O5S/c1-9-3-5-10(6-4-9)22(17,18)20-8-12-11(15-16-14)7-13(19-2)21-12/h3-6,11-13H,7-8H2,1-2H3/t11-,12-,13-/m1/s1. The monoisotopic (exact) mass is 327 g/mol. The molecule has 0 radical (unpaired) electrons. The lowest BCUT2D eigenvalue weighted by atomic mass is 10.1. The van der Waals surface area contributed by atoms with Crippen LogP contribution >= 0.6 is 0 Å². The van der Waals surface area contributed by atoms with E-state index in [1.165, 1.54) is 19.2 Å². The molecule has 0 saturated carbocycles. The van der Waals surface area contributed by atoms with Crippen LogP contribution < -0.4 is 0 Å². The van der Waals surface area contributed by atoms with Crippen LogP contribution in [0.25, 0.3) is 10.4 Å². The predicted molar refractivity (Wildman–Crippen MR) is 77.5 cm³/mol. The van der Waals surface area contributed by atoms with Crippen LogP contribution in [0.2, 0.25) is 0 Å². The third-order valence-electron chi connectivity index (χ3n) is 3.35. The predicted octanol–water partition coefficient (Wildman–Crippen LogP) is 2.14. The fourth-order valence-corrected chi connectivity index (χ4v) is 3.03. The summed E-state index contributed by atoms with van der Waals surface area (Å²) >= 11 is 0. The highest BCUT2D eigenvalue weighted by Crippen LogP contribution is 2.25. The van der Waals surface area contributed by atoms with Gasteiger partial charge in [-0.3, -0.25) is 4.18 Å². The number of nitrogens with zero attached hydrogens (tertiary/aromatic N) is 3. The first-order chi connectivity index (χ1) is 10.5. The van der Waals surface area contributed by atoms with Gasteiger partial charge >= 0.3 is 0 Å². The smallest absolute Gasteiger partial charge is 0.297 e. The van der Waals surface area contributed by atoms with Crippen molar-refractivity contribution in [3.63, 3.8) is 0 Å². The first-order valence-corrected chi connectivity index (χ1v) is 8.05. The maximum absolute atomic E-state index is 12.1. The van der Waals surface area contributed by atoms with Crippen molar-refractivity contribution in [2.24, 2.45) is 5.11 Å². The number of azide groups is 1. The SMILES string of the molecule is CO[C@H]1C[C@@H](N=[N+]=[N-])[C@@H](COS(=O)(=O)c2ccc(C)cc2)O1. The zero-order chi connectivity index (χ0) is 16.2. The van der Waals surface area contributed by atoms with E-state index >= 15 is 0 Å². The highest BCUT2D eigenvalue weighted by Gasteiger charge is 2.36. The zero-order valence-electron chi connectivity index (χ0n) is 12.2. The fraction of sp³-hybridized carbons (Fsp3) is 0.538. The summed E-state index contributed by atoms with van der Waals surface area (Å²) in [6, 6.07) is 5.80. The molecule has 0 spiro atoms. The van der Waals surface area contributed by atoms with Gasteiger partial charge in [-0.05, 0) is 24.6 Å². The van der Waals surface area contributed by atoms with Gasteiger partial charge in [-0.1, -0.05) is 22.8 Å². The molecule has 1 aliphatic heterocycles. The van der Waals surface area contributed by atoms with Gasteiger partial charge in [0.1, 0.15) is 0 Å². The zero-order valence-corrected chi connectivity index (χ0v) is 13.1. The molecular weight excluding hydrogens is 310 g/mol. The van der Waals surface area contributed by atoms with Crippen LogP contribution in [0.4, 0.5) is 0 Å². The first-order valence-electron chi connectivity index (χ1n) is 6.65. The highest BCUT2D eigenvalue weighted by molar-refractivity contribution is 7.86. The second-order valence-corrected chi connectivity index (χ2v) is 6.51. The van der Waals surface area contributed by atoms with Crippen molar-refractivity contribution in [2.75, 3.05) is 13.7 Å². The summed E-state index contributed by atoms with van der Waals surface area (Å²) in [6.07, 6.45) is -0.841. The van der Waals surface area contributed by atoms with Crippen molar-refractivity contribution in [2.45, 2.75) is 36.7 Å². The Bertz CT molecular complexity index is 655. The Morgan fingerprint density at radius 3 is 2.68 bits per heavy atom. The van der Waals surface area contributed by atoms with Crippen LogP contribution in [0.5, 0.6) is 0 Å². The van der Waals surface area contributed by atoms with Crippen LogP contribution in [-0.2, 0) is 23.8 Å². The maximum Gasteiger partial charge on any atom is 0.297 e. The molecule has 9 heteroatoms. The van der Waals surface area contributed by atoms with E-state index < -0.39 is 28.6 Å². The molecule has 1 aromatic rings. The van der Waals surface area contributed by atoms with Gasteiger partial charge in [0.05, 0.1) is 23.6 Å². The van der Waals surface area contributed by atoms with Gasteiger partial charge in [0.2, 0.25) is 0 Å². The minimum Gasteiger partial charge on any atom is -0.356 e. The number of methoxy groups -OCH3 is 1. The van der Waals surface area contributed by atoms with Crippen molar-refractivity contribution < 1.29 is 22.1 Å². The number of rotatable bonds is 6. The molecule has 0 N–H and O–H groups in total. The summed E-state index contributed by atoms with van der Waals surface area (Å²) in [5, 5.41) is 3.59. The van der Waals surface area contributed by atoms with Crippen molar-refractivity contribution >= 4 is 10.1 Å². The van der Waals surface area contributed by atoms with Crippen LogP contribution in [0.15, 0.2) is 34.3 Å². The van der Waals surface area contributed by atoms with Crippen molar-refractivity contribution in [1.29, 1.82) is 0 Å². The topological polar surface area (TPSA) is 111 Å². The summed E-state index contributed by atoms with van der Waals surface area (Å²) < 4.78 is 39.7. The Morgan fingerprint density at radius 2 is 2.09 bits per heavy atom. The van der Waals surface area contributed by atoms with Crippen molar-refractivity contribution in [3.05, 3.63) is 40.3 Å². The Hall–Kier alpha value is -1.64. The molecule has 1 aromatic carbocycles. The van der Waals surface area contributed by atoms with E-state index in [9.17, 15) is 8.42 Å². The highest BCUT2D eigenvalue weighted by atomic mass is 32.2. The molecule has 1 aliphatic rings. The summed E-state index contributed by atoms with van der Waals surface area (Å²) in [7, 11) is -2.42. The Labute approximate surface area is 128 Å². The van der Waals surface area contributed by atoms with Crippen LogP contribution in [0.3, 0.4) is 0 Å². The summed E-state index contributed by atoms with van der Waals surface area (Å²) in [4.78, 5) is 2.80. The van der Waals surface area contributed by atoms with E-state index in [4.69, 9.17) is 19.2 Å². The van der Waals surface area contributed by atoms with Gasteiger partial charge in [-0.2, -0.15) is 8.42 Å². The molecule has 0 unspecified atom stereocenters. The number of aryl methyl sites for hydroxylation is 1. The summed E-state index contributed by atoms with van der Waals surface area (Å²) in [5.74, 6) is 0. The average molecular weight is 327 g/mol. The molecular formula is C13H17N3O5S. The maximum atomic E-state index is 12.1. The lowest BCUT2D eigenvalue weighted by Gasteiger charge is -2.15. The van der Waals surface area contributed by atoms with Gasteiger partial charge in [-0.25, -0.2) is 0 Å². The third-order valence-corrected chi connectivity index (χ3v) is 4.65. The number of hydrogen-bond donors (Lipinski definition) is 0. The molecule has 0 aromatic heterocycles. The second-order valence-electron chi connectivity index (χ2n) is 4.90. The second kappa shape index (κ2) is 7.08.